The Morgan fingerprint density at radius 1 is 1.15 bits per heavy atom. The van der Waals surface area contributed by atoms with Gasteiger partial charge in [0.15, 0.2) is 0 Å². The number of carbonyl (C=O) groups is 2. The zero-order valence-electron chi connectivity index (χ0n) is 16.9. The molecule has 150 valence electrons. The summed E-state index contributed by atoms with van der Waals surface area (Å²) in [5, 5.41) is 2.93. The number of ether oxygens (including phenoxy) is 2. The summed E-state index contributed by atoms with van der Waals surface area (Å²) in [6, 6.07) is 8.08. The van der Waals surface area contributed by atoms with E-state index in [9.17, 15) is 9.59 Å². The second-order valence-electron chi connectivity index (χ2n) is 7.87. The van der Waals surface area contributed by atoms with Crippen molar-refractivity contribution in [3.63, 3.8) is 0 Å². The summed E-state index contributed by atoms with van der Waals surface area (Å²) in [5.74, 6) is 0.784. The van der Waals surface area contributed by atoms with Crippen LogP contribution in [0.15, 0.2) is 24.3 Å². The first-order valence-electron chi connectivity index (χ1n) is 9.74. The second-order valence-corrected chi connectivity index (χ2v) is 7.87. The highest BCUT2D eigenvalue weighted by Crippen LogP contribution is 2.24. The largest absolute Gasteiger partial charge is 0.492 e. The van der Waals surface area contributed by atoms with Crippen molar-refractivity contribution in [3.05, 3.63) is 29.8 Å². The number of piperidine rings is 1. The van der Waals surface area contributed by atoms with E-state index >= 15 is 0 Å². The fourth-order valence-corrected chi connectivity index (χ4v) is 3.08. The van der Waals surface area contributed by atoms with Crippen LogP contribution in [-0.4, -0.2) is 49.7 Å². The third kappa shape index (κ3) is 6.45. The molecule has 0 bridgehead atoms. The predicted octanol–water partition coefficient (Wildman–Crippen LogP) is 3.35. The van der Waals surface area contributed by atoms with Gasteiger partial charge in [0.2, 0.25) is 5.91 Å². The molecule has 6 nitrogen and oxygen atoms in total. The molecule has 0 aliphatic carbocycles. The number of benzene rings is 1. The lowest BCUT2D eigenvalue weighted by molar-refractivity contribution is -0.126. The number of nitrogens with one attached hydrogen (secondary N) is 1. The molecule has 1 aromatic carbocycles. The summed E-state index contributed by atoms with van der Waals surface area (Å²) in [6.07, 6.45) is 1.04. The minimum atomic E-state index is -0.290. The maximum absolute atomic E-state index is 12.3. The third-order valence-electron chi connectivity index (χ3n) is 4.78. The lowest BCUT2D eigenvalue weighted by Gasteiger charge is -2.30. The van der Waals surface area contributed by atoms with Crippen LogP contribution in [0.25, 0.3) is 0 Å². The maximum atomic E-state index is 12.3. The monoisotopic (exact) mass is 376 g/mol. The average Bonchev–Trinajstić information content (AvgIpc) is 2.65. The van der Waals surface area contributed by atoms with Crippen LogP contribution in [-0.2, 0) is 14.9 Å². The summed E-state index contributed by atoms with van der Waals surface area (Å²) in [7, 11) is 0. The van der Waals surface area contributed by atoms with E-state index in [0.717, 1.165) is 5.75 Å². The zero-order chi connectivity index (χ0) is 19.9. The molecule has 27 heavy (non-hydrogen) atoms. The number of likely N-dealkylation sites (tertiary alicyclic amines) is 1. The topological polar surface area (TPSA) is 67.9 Å². The van der Waals surface area contributed by atoms with Gasteiger partial charge in [0, 0.05) is 19.0 Å². The van der Waals surface area contributed by atoms with Crippen LogP contribution in [0, 0.1) is 5.92 Å². The lowest BCUT2D eigenvalue weighted by Crippen LogP contribution is -2.43. The fourth-order valence-electron chi connectivity index (χ4n) is 3.08. The molecule has 0 saturated carbocycles. The number of amides is 2. The summed E-state index contributed by atoms with van der Waals surface area (Å²) < 4.78 is 10.7. The van der Waals surface area contributed by atoms with Gasteiger partial charge >= 0.3 is 6.09 Å². The van der Waals surface area contributed by atoms with E-state index in [4.69, 9.17) is 9.47 Å². The van der Waals surface area contributed by atoms with E-state index in [1.165, 1.54) is 5.56 Å². The summed E-state index contributed by atoms with van der Waals surface area (Å²) in [6.45, 7) is 10.7. The molecule has 1 aromatic rings. The number of nitrogens with zero attached hydrogens (tertiary/aromatic N) is 1. The Labute approximate surface area is 162 Å². The van der Waals surface area contributed by atoms with E-state index in [-0.39, 0.29) is 23.3 Å². The summed E-state index contributed by atoms with van der Waals surface area (Å²) in [4.78, 5) is 25.6. The molecule has 1 aliphatic heterocycles. The van der Waals surface area contributed by atoms with Gasteiger partial charge in [-0.05, 0) is 42.9 Å². The smallest absolute Gasteiger partial charge is 0.409 e. The molecule has 0 spiro atoms. The normalized spacial score (nSPS) is 15.3. The highest BCUT2D eigenvalue weighted by molar-refractivity contribution is 5.79. The van der Waals surface area contributed by atoms with Crippen LogP contribution in [0.3, 0.4) is 0 Å². The summed E-state index contributed by atoms with van der Waals surface area (Å²) >= 11 is 0. The van der Waals surface area contributed by atoms with Crippen LogP contribution >= 0.6 is 0 Å². The van der Waals surface area contributed by atoms with Gasteiger partial charge in [-0.1, -0.05) is 32.9 Å². The average molecular weight is 376 g/mol. The van der Waals surface area contributed by atoms with Crippen molar-refractivity contribution >= 4 is 12.0 Å². The van der Waals surface area contributed by atoms with Crippen LogP contribution in [0.5, 0.6) is 5.75 Å². The fraction of sp³-hybridized carbons (Fsp3) is 0.619. The molecule has 0 radical (unpaired) electrons. The lowest BCUT2D eigenvalue weighted by atomic mass is 9.87. The molecule has 1 heterocycles. The quantitative estimate of drug-likeness (QED) is 0.773. The van der Waals surface area contributed by atoms with Crippen molar-refractivity contribution in [2.75, 3.05) is 32.8 Å². The van der Waals surface area contributed by atoms with Crippen molar-refractivity contribution in [2.24, 2.45) is 5.92 Å². The molecule has 0 unspecified atom stereocenters. The second kappa shape index (κ2) is 9.62. The van der Waals surface area contributed by atoms with Gasteiger partial charge in [-0.15, -0.1) is 0 Å². The number of hydrogen-bond donors (Lipinski definition) is 1. The molecule has 1 aliphatic rings. The van der Waals surface area contributed by atoms with Crippen LogP contribution in [0.4, 0.5) is 4.79 Å². The molecular weight excluding hydrogens is 344 g/mol. The molecule has 0 atom stereocenters. The Balaban J connectivity index is 1.66. The van der Waals surface area contributed by atoms with Crippen molar-refractivity contribution in [2.45, 2.75) is 46.0 Å². The summed E-state index contributed by atoms with van der Waals surface area (Å²) in [5.41, 5.74) is 1.38. The Hall–Kier alpha value is -2.24. The standard InChI is InChI=1S/C21H32N2O4/c1-5-26-20(25)23-13-10-16(11-14-23)19(24)22-12-15-27-18-8-6-17(7-9-18)21(2,3)4/h6-9,16H,5,10-15H2,1-4H3,(H,22,24). The first-order valence-corrected chi connectivity index (χ1v) is 9.74. The van der Waals surface area contributed by atoms with Crippen molar-refractivity contribution in [3.8, 4) is 5.75 Å². The number of hydrogen-bond acceptors (Lipinski definition) is 4. The van der Waals surface area contributed by atoms with E-state index < -0.39 is 0 Å². The minimum Gasteiger partial charge on any atom is -0.492 e. The third-order valence-corrected chi connectivity index (χ3v) is 4.78. The molecule has 1 saturated heterocycles. The molecule has 0 aromatic heterocycles. The van der Waals surface area contributed by atoms with Crippen LogP contribution in [0.1, 0.15) is 46.1 Å². The van der Waals surface area contributed by atoms with Gasteiger partial charge in [-0.25, -0.2) is 4.79 Å². The Bertz CT molecular complexity index is 614. The van der Waals surface area contributed by atoms with Gasteiger partial charge in [-0.3, -0.25) is 4.79 Å². The molecule has 1 fully saturated rings. The number of rotatable bonds is 6. The SMILES string of the molecule is CCOC(=O)N1CCC(C(=O)NCCOc2ccc(C(C)(C)C)cc2)CC1. The predicted molar refractivity (Wildman–Crippen MR) is 105 cm³/mol. The van der Waals surface area contributed by atoms with Crippen LogP contribution in [0.2, 0.25) is 0 Å². The first kappa shape index (κ1) is 21.1. The van der Waals surface area contributed by atoms with Gasteiger partial charge in [0.05, 0.1) is 13.2 Å². The van der Waals surface area contributed by atoms with Gasteiger partial charge in [0.25, 0.3) is 0 Å². The van der Waals surface area contributed by atoms with Gasteiger partial charge in [0.1, 0.15) is 12.4 Å². The van der Waals surface area contributed by atoms with Crippen LogP contribution < -0.4 is 10.1 Å². The highest BCUT2D eigenvalue weighted by atomic mass is 16.6. The molecule has 2 amide bonds. The van der Waals surface area contributed by atoms with Crippen molar-refractivity contribution in [1.29, 1.82) is 0 Å². The first-order chi connectivity index (χ1) is 12.8. The van der Waals surface area contributed by atoms with E-state index in [0.29, 0.717) is 45.7 Å². The Kier molecular flexibility index (Phi) is 7.51. The molecule has 6 heteroatoms. The minimum absolute atomic E-state index is 0.0326. The van der Waals surface area contributed by atoms with E-state index in [1.54, 1.807) is 11.8 Å². The van der Waals surface area contributed by atoms with Gasteiger partial charge < -0.3 is 19.7 Å². The number of carbonyl (C=O) groups excluding carboxylic acids is 2. The van der Waals surface area contributed by atoms with E-state index in [2.05, 4.69) is 38.2 Å². The molecule has 1 N–H and O–H groups in total. The molecular formula is C21H32N2O4. The van der Waals surface area contributed by atoms with E-state index in [1.807, 2.05) is 12.1 Å². The van der Waals surface area contributed by atoms with Gasteiger partial charge in [-0.2, -0.15) is 0 Å². The molecule has 2 rings (SSSR count). The van der Waals surface area contributed by atoms with Crippen molar-refractivity contribution < 1.29 is 19.1 Å². The highest BCUT2D eigenvalue weighted by Gasteiger charge is 2.27. The maximum Gasteiger partial charge on any atom is 0.409 e. The zero-order valence-corrected chi connectivity index (χ0v) is 16.9. The Morgan fingerprint density at radius 3 is 2.33 bits per heavy atom. The Morgan fingerprint density at radius 2 is 1.78 bits per heavy atom. The van der Waals surface area contributed by atoms with Crippen molar-refractivity contribution in [1.82, 2.24) is 10.2 Å².